The Morgan fingerprint density at radius 3 is 2.46 bits per heavy atom. The zero-order valence-corrected chi connectivity index (χ0v) is 22.6. The summed E-state index contributed by atoms with van der Waals surface area (Å²) in [5, 5.41) is 8.90. The van der Waals surface area contributed by atoms with E-state index in [0.29, 0.717) is 17.3 Å². The molecular formula is C29H35ClN4O3. The van der Waals surface area contributed by atoms with Gasteiger partial charge in [-0.15, -0.1) is 11.6 Å². The first-order valence-electron chi connectivity index (χ1n) is 12.9. The highest BCUT2D eigenvalue weighted by Crippen LogP contribution is 2.34. The summed E-state index contributed by atoms with van der Waals surface area (Å²) in [6.45, 7) is 5.16. The van der Waals surface area contributed by atoms with E-state index in [-0.39, 0.29) is 30.7 Å². The third-order valence-corrected chi connectivity index (χ3v) is 7.25. The van der Waals surface area contributed by atoms with Gasteiger partial charge in [0.1, 0.15) is 6.54 Å². The van der Waals surface area contributed by atoms with Crippen LogP contribution in [0.5, 0.6) is 0 Å². The first-order valence-corrected chi connectivity index (χ1v) is 13.5. The number of fused-ring (bicyclic) bond motifs is 1. The number of anilines is 2. The molecule has 0 saturated heterocycles. The fraction of sp³-hybridized carbons (Fsp3) is 0.448. The maximum atomic E-state index is 13.9. The number of carbonyl (C=O) groups is 3. The molecule has 3 amide bonds. The normalized spacial score (nSPS) is 16.6. The molecule has 2 aromatic carbocycles. The van der Waals surface area contributed by atoms with Gasteiger partial charge in [-0.2, -0.15) is 5.10 Å². The van der Waals surface area contributed by atoms with E-state index in [1.807, 2.05) is 57.2 Å². The number of alkyl halides is 1. The number of para-hydroxylation sites is 1. The van der Waals surface area contributed by atoms with Gasteiger partial charge in [-0.3, -0.25) is 14.5 Å². The Hall–Kier alpha value is -3.19. The minimum absolute atomic E-state index is 0.0703. The van der Waals surface area contributed by atoms with Crippen molar-refractivity contribution in [2.75, 3.05) is 23.3 Å². The first-order chi connectivity index (χ1) is 17.7. The van der Waals surface area contributed by atoms with E-state index in [2.05, 4.69) is 5.32 Å². The van der Waals surface area contributed by atoms with Crippen molar-refractivity contribution in [2.45, 2.75) is 58.8 Å². The standard InChI is InChI=1S/C29H35ClN4O3/c1-29(2,3)25(35)18-33-24-15-8-7-14-23(24)27(21-11-5-4-6-12-21)32-34(28(33)37)19-26(36)31-22-13-9-10-20(16-22)17-30/h7-10,13-16,21H,4-6,11-12,17-19H2,1-3H3,(H,31,36). The maximum absolute atomic E-state index is 13.9. The molecule has 7 nitrogen and oxygen atoms in total. The number of hydrazone groups is 1. The van der Waals surface area contributed by atoms with Gasteiger partial charge >= 0.3 is 6.03 Å². The van der Waals surface area contributed by atoms with Crippen LogP contribution < -0.4 is 10.2 Å². The number of urea groups is 1. The molecule has 0 aromatic heterocycles. The number of nitrogens with one attached hydrogen (secondary N) is 1. The second-order valence-electron chi connectivity index (χ2n) is 10.8. The van der Waals surface area contributed by atoms with E-state index in [0.717, 1.165) is 42.5 Å². The molecule has 0 radical (unpaired) electrons. The van der Waals surface area contributed by atoms with Gasteiger partial charge in [-0.05, 0) is 36.6 Å². The summed E-state index contributed by atoms with van der Waals surface area (Å²) < 4.78 is 0. The second kappa shape index (κ2) is 11.5. The highest BCUT2D eigenvalue weighted by atomic mass is 35.5. The van der Waals surface area contributed by atoms with Gasteiger partial charge in [0, 0.05) is 28.5 Å². The van der Waals surface area contributed by atoms with Crippen LogP contribution in [0, 0.1) is 11.3 Å². The van der Waals surface area contributed by atoms with Gasteiger partial charge in [-0.1, -0.05) is 70.4 Å². The highest BCUT2D eigenvalue weighted by Gasteiger charge is 2.36. The summed E-state index contributed by atoms with van der Waals surface area (Å²) >= 11 is 5.94. The van der Waals surface area contributed by atoms with Crippen molar-refractivity contribution in [1.29, 1.82) is 0 Å². The van der Waals surface area contributed by atoms with Crippen molar-refractivity contribution < 1.29 is 14.4 Å². The van der Waals surface area contributed by atoms with Crippen LogP contribution in [0.15, 0.2) is 53.6 Å². The summed E-state index contributed by atoms with van der Waals surface area (Å²) in [6, 6.07) is 14.4. The number of carbonyl (C=O) groups excluding carboxylic acids is 3. The van der Waals surface area contributed by atoms with Crippen LogP contribution in [-0.2, 0) is 15.5 Å². The van der Waals surface area contributed by atoms with Gasteiger partial charge in [0.25, 0.3) is 0 Å². The van der Waals surface area contributed by atoms with Crippen molar-refractivity contribution in [1.82, 2.24) is 5.01 Å². The van der Waals surface area contributed by atoms with E-state index in [1.54, 1.807) is 12.1 Å². The van der Waals surface area contributed by atoms with Crippen molar-refractivity contribution in [3.05, 3.63) is 59.7 Å². The van der Waals surface area contributed by atoms with Gasteiger partial charge < -0.3 is 5.32 Å². The van der Waals surface area contributed by atoms with Crippen LogP contribution in [0.4, 0.5) is 16.2 Å². The molecule has 0 atom stereocenters. The molecule has 0 bridgehead atoms. The number of benzene rings is 2. The molecule has 8 heteroatoms. The van der Waals surface area contributed by atoms with Gasteiger partial charge in [0.15, 0.2) is 5.78 Å². The third kappa shape index (κ3) is 6.39. The van der Waals surface area contributed by atoms with Crippen LogP contribution in [0.25, 0.3) is 0 Å². The summed E-state index contributed by atoms with van der Waals surface area (Å²) in [4.78, 5) is 41.5. The number of nitrogens with zero attached hydrogens (tertiary/aromatic N) is 3. The van der Waals surface area contributed by atoms with Crippen molar-refractivity contribution >= 4 is 46.4 Å². The van der Waals surface area contributed by atoms with Gasteiger partial charge in [-0.25, -0.2) is 9.80 Å². The molecule has 2 aromatic rings. The number of rotatable bonds is 7. The second-order valence-corrected chi connectivity index (χ2v) is 11.1. The van der Waals surface area contributed by atoms with Crippen molar-refractivity contribution in [2.24, 2.45) is 16.4 Å². The maximum Gasteiger partial charge on any atom is 0.345 e. The van der Waals surface area contributed by atoms with E-state index in [4.69, 9.17) is 16.7 Å². The number of halogens is 1. The smallest absolute Gasteiger partial charge is 0.324 e. The minimum atomic E-state index is -0.621. The van der Waals surface area contributed by atoms with Gasteiger partial charge in [0.2, 0.25) is 5.91 Å². The Morgan fingerprint density at radius 1 is 1.03 bits per heavy atom. The highest BCUT2D eigenvalue weighted by molar-refractivity contribution is 6.17. The van der Waals surface area contributed by atoms with Gasteiger partial charge in [0.05, 0.1) is 17.9 Å². The molecule has 4 rings (SSSR count). The number of amides is 3. The Bertz CT molecular complexity index is 1200. The molecule has 1 heterocycles. The fourth-order valence-electron chi connectivity index (χ4n) is 4.78. The minimum Gasteiger partial charge on any atom is -0.324 e. The monoisotopic (exact) mass is 522 g/mol. The molecule has 0 spiro atoms. The van der Waals surface area contributed by atoms with Crippen molar-refractivity contribution in [3.63, 3.8) is 0 Å². The predicted octanol–water partition coefficient (Wildman–Crippen LogP) is 6.21. The Balaban J connectivity index is 1.70. The summed E-state index contributed by atoms with van der Waals surface area (Å²) in [5.74, 6) is 0.0733. The molecule has 1 saturated carbocycles. The zero-order chi connectivity index (χ0) is 26.6. The van der Waals surface area contributed by atoms with Crippen LogP contribution in [0.2, 0.25) is 0 Å². The number of hydrogen-bond donors (Lipinski definition) is 1. The summed E-state index contributed by atoms with van der Waals surface area (Å²) in [5.41, 5.74) is 3.18. The summed E-state index contributed by atoms with van der Waals surface area (Å²) in [7, 11) is 0. The lowest BCUT2D eigenvalue weighted by Gasteiger charge is -2.28. The number of ketones is 1. The average Bonchev–Trinajstić information content (AvgIpc) is 2.99. The van der Waals surface area contributed by atoms with Crippen LogP contribution in [0.3, 0.4) is 0 Å². The lowest BCUT2D eigenvalue weighted by molar-refractivity contribution is -0.124. The lowest BCUT2D eigenvalue weighted by atomic mass is 9.83. The molecule has 196 valence electrons. The molecule has 2 aliphatic rings. The van der Waals surface area contributed by atoms with Crippen LogP contribution in [0.1, 0.15) is 64.0 Å². The molecule has 37 heavy (non-hydrogen) atoms. The quantitative estimate of drug-likeness (QED) is 0.439. The molecule has 1 N–H and O–H groups in total. The molecule has 0 unspecified atom stereocenters. The van der Waals surface area contributed by atoms with E-state index >= 15 is 0 Å². The van der Waals surface area contributed by atoms with E-state index in [1.165, 1.54) is 16.3 Å². The number of Topliss-reactive ketones (excluding diaryl/α,β-unsaturated/α-hetero) is 1. The fourth-order valence-corrected chi connectivity index (χ4v) is 4.94. The third-order valence-electron chi connectivity index (χ3n) is 6.94. The SMILES string of the molecule is CC(C)(C)C(=O)CN1C(=O)N(CC(=O)Nc2cccc(CCl)c2)N=C(C2CCCCC2)c2ccccc21. The van der Waals surface area contributed by atoms with Crippen LogP contribution in [-0.4, -0.2) is 41.5 Å². The molecular weight excluding hydrogens is 488 g/mol. The Morgan fingerprint density at radius 2 is 1.76 bits per heavy atom. The predicted molar refractivity (Wildman–Crippen MR) is 148 cm³/mol. The van der Waals surface area contributed by atoms with Crippen LogP contribution >= 0.6 is 11.6 Å². The number of hydrogen-bond acceptors (Lipinski definition) is 4. The average molecular weight is 523 g/mol. The summed E-state index contributed by atoms with van der Waals surface area (Å²) in [6.07, 6.45) is 5.35. The topological polar surface area (TPSA) is 82.1 Å². The zero-order valence-electron chi connectivity index (χ0n) is 21.8. The van der Waals surface area contributed by atoms with Crippen molar-refractivity contribution in [3.8, 4) is 0 Å². The lowest BCUT2D eigenvalue weighted by Crippen LogP contribution is -2.47. The van der Waals surface area contributed by atoms with E-state index in [9.17, 15) is 14.4 Å². The first kappa shape index (κ1) is 26.9. The largest absolute Gasteiger partial charge is 0.345 e. The molecule has 1 aliphatic heterocycles. The molecule has 1 fully saturated rings. The Kier molecular flexibility index (Phi) is 8.32. The molecule has 1 aliphatic carbocycles. The van der Waals surface area contributed by atoms with E-state index < -0.39 is 11.4 Å². The Labute approximate surface area is 223 Å².